The van der Waals surface area contributed by atoms with E-state index in [1.165, 1.54) is 25.0 Å². The SMILES string of the molecule is [CH2]C=CCC1CCCSS1. The lowest BCUT2D eigenvalue weighted by Crippen LogP contribution is -2.04. The zero-order chi connectivity index (χ0) is 7.23. The molecule has 1 aliphatic heterocycles. The Morgan fingerprint density at radius 3 is 3.10 bits per heavy atom. The average molecular weight is 173 g/mol. The minimum Gasteiger partial charge on any atom is -0.0939 e. The Bertz CT molecular complexity index is 104. The van der Waals surface area contributed by atoms with Crippen LogP contribution in [0.4, 0.5) is 0 Å². The summed E-state index contributed by atoms with van der Waals surface area (Å²) in [7, 11) is 4.06. The summed E-state index contributed by atoms with van der Waals surface area (Å²) >= 11 is 0. The van der Waals surface area contributed by atoms with Crippen LogP contribution in [0.2, 0.25) is 0 Å². The molecule has 1 fully saturated rings. The van der Waals surface area contributed by atoms with Crippen LogP contribution in [-0.4, -0.2) is 11.0 Å². The van der Waals surface area contributed by atoms with Gasteiger partial charge in [0.15, 0.2) is 0 Å². The van der Waals surface area contributed by atoms with E-state index in [4.69, 9.17) is 0 Å². The van der Waals surface area contributed by atoms with E-state index in [-0.39, 0.29) is 0 Å². The first-order valence-electron chi connectivity index (χ1n) is 3.66. The van der Waals surface area contributed by atoms with Gasteiger partial charge in [-0.15, -0.1) is 0 Å². The van der Waals surface area contributed by atoms with Gasteiger partial charge in [0.2, 0.25) is 0 Å². The highest BCUT2D eigenvalue weighted by molar-refractivity contribution is 8.77. The molecule has 0 bridgehead atoms. The van der Waals surface area contributed by atoms with Crippen LogP contribution in [0.25, 0.3) is 0 Å². The molecule has 0 amide bonds. The Hall–Kier alpha value is 0.440. The van der Waals surface area contributed by atoms with Crippen molar-refractivity contribution in [1.82, 2.24) is 0 Å². The van der Waals surface area contributed by atoms with Crippen molar-refractivity contribution >= 4 is 21.6 Å². The summed E-state index contributed by atoms with van der Waals surface area (Å²) in [5.41, 5.74) is 0. The number of rotatable bonds is 2. The molecule has 0 N–H and O–H groups in total. The van der Waals surface area contributed by atoms with Gasteiger partial charge in [0.1, 0.15) is 0 Å². The zero-order valence-corrected chi connectivity index (χ0v) is 7.72. The Balaban J connectivity index is 2.13. The molecule has 1 heterocycles. The Labute approximate surface area is 71.2 Å². The fraction of sp³-hybridized carbons (Fsp3) is 0.625. The second-order valence-electron chi connectivity index (χ2n) is 2.39. The van der Waals surface area contributed by atoms with Crippen LogP contribution in [0, 0.1) is 6.92 Å². The molecule has 0 nitrogen and oxygen atoms in total. The predicted molar refractivity (Wildman–Crippen MR) is 52.2 cm³/mol. The standard InChI is InChI=1S/C8H13S2/c1-2-3-5-8-6-4-7-9-10-8/h2-3,8H,1,4-7H2. The Kier molecular flexibility index (Phi) is 4.39. The molecule has 10 heavy (non-hydrogen) atoms. The first kappa shape index (κ1) is 8.54. The van der Waals surface area contributed by atoms with Gasteiger partial charge >= 0.3 is 0 Å². The van der Waals surface area contributed by atoms with Crippen molar-refractivity contribution in [2.75, 3.05) is 5.75 Å². The van der Waals surface area contributed by atoms with Crippen molar-refractivity contribution in [3.8, 4) is 0 Å². The largest absolute Gasteiger partial charge is 0.0939 e. The van der Waals surface area contributed by atoms with Crippen LogP contribution in [0.1, 0.15) is 19.3 Å². The van der Waals surface area contributed by atoms with Crippen LogP contribution in [-0.2, 0) is 0 Å². The molecular weight excluding hydrogens is 160 g/mol. The molecule has 1 atom stereocenters. The highest BCUT2D eigenvalue weighted by atomic mass is 33.1. The molecule has 1 aliphatic rings. The van der Waals surface area contributed by atoms with Gasteiger partial charge in [-0.1, -0.05) is 33.7 Å². The predicted octanol–water partition coefficient (Wildman–Crippen LogP) is 3.31. The van der Waals surface area contributed by atoms with E-state index in [0.717, 1.165) is 5.25 Å². The average Bonchev–Trinajstić information content (AvgIpc) is 2.03. The van der Waals surface area contributed by atoms with E-state index < -0.39 is 0 Å². The van der Waals surface area contributed by atoms with Gasteiger partial charge in [0.05, 0.1) is 0 Å². The topological polar surface area (TPSA) is 0 Å². The molecule has 0 aliphatic carbocycles. The quantitative estimate of drug-likeness (QED) is 0.588. The fourth-order valence-corrected chi connectivity index (χ4v) is 3.74. The van der Waals surface area contributed by atoms with Gasteiger partial charge < -0.3 is 0 Å². The van der Waals surface area contributed by atoms with Gasteiger partial charge in [0.25, 0.3) is 0 Å². The lowest BCUT2D eigenvalue weighted by Gasteiger charge is -2.18. The van der Waals surface area contributed by atoms with E-state index in [1.54, 1.807) is 0 Å². The molecular formula is C8H13S2. The minimum absolute atomic E-state index is 0.858. The van der Waals surface area contributed by atoms with Gasteiger partial charge in [-0.2, -0.15) is 0 Å². The van der Waals surface area contributed by atoms with Crippen molar-refractivity contribution in [3.05, 3.63) is 19.1 Å². The molecule has 1 saturated heterocycles. The molecule has 0 spiro atoms. The van der Waals surface area contributed by atoms with Crippen LogP contribution in [0.3, 0.4) is 0 Å². The highest BCUT2D eigenvalue weighted by Gasteiger charge is 2.12. The smallest absolute Gasteiger partial charge is 0.0186 e. The molecule has 0 aromatic carbocycles. The number of hydrogen-bond acceptors (Lipinski definition) is 2. The summed E-state index contributed by atoms with van der Waals surface area (Å²) in [6, 6.07) is 0. The molecule has 1 unspecified atom stereocenters. The maximum absolute atomic E-state index is 3.67. The molecule has 0 saturated carbocycles. The fourth-order valence-electron chi connectivity index (χ4n) is 0.968. The first-order chi connectivity index (χ1) is 4.93. The summed E-state index contributed by atoms with van der Waals surface area (Å²) in [4.78, 5) is 0. The van der Waals surface area contributed by atoms with E-state index in [9.17, 15) is 0 Å². The maximum Gasteiger partial charge on any atom is 0.0186 e. The molecule has 57 valence electrons. The van der Waals surface area contributed by atoms with Crippen molar-refractivity contribution in [3.63, 3.8) is 0 Å². The maximum atomic E-state index is 3.67. The van der Waals surface area contributed by atoms with E-state index in [1.807, 2.05) is 27.7 Å². The molecule has 1 rings (SSSR count). The van der Waals surface area contributed by atoms with Gasteiger partial charge in [-0.05, 0) is 26.2 Å². The monoisotopic (exact) mass is 173 g/mol. The van der Waals surface area contributed by atoms with Crippen LogP contribution >= 0.6 is 21.6 Å². The number of hydrogen-bond donors (Lipinski definition) is 0. The first-order valence-corrected chi connectivity index (χ1v) is 6.04. The minimum atomic E-state index is 0.858. The van der Waals surface area contributed by atoms with E-state index in [0.29, 0.717) is 0 Å². The Morgan fingerprint density at radius 2 is 2.50 bits per heavy atom. The third-order valence-electron chi connectivity index (χ3n) is 1.52. The summed E-state index contributed by atoms with van der Waals surface area (Å²) in [5.74, 6) is 1.34. The normalized spacial score (nSPS) is 27.5. The van der Waals surface area contributed by atoms with E-state index >= 15 is 0 Å². The van der Waals surface area contributed by atoms with E-state index in [2.05, 4.69) is 13.0 Å². The third-order valence-corrected chi connectivity index (χ3v) is 4.54. The molecule has 0 aromatic heterocycles. The summed E-state index contributed by atoms with van der Waals surface area (Å²) in [6.45, 7) is 3.67. The molecule has 2 heteroatoms. The lowest BCUT2D eigenvalue weighted by molar-refractivity contribution is 0.751. The van der Waals surface area contributed by atoms with Crippen LogP contribution in [0.15, 0.2) is 12.2 Å². The highest BCUT2D eigenvalue weighted by Crippen LogP contribution is 2.37. The summed E-state index contributed by atoms with van der Waals surface area (Å²) in [6.07, 6.45) is 8.07. The second kappa shape index (κ2) is 5.14. The van der Waals surface area contributed by atoms with Crippen molar-refractivity contribution in [2.24, 2.45) is 0 Å². The Morgan fingerprint density at radius 1 is 1.60 bits per heavy atom. The molecule has 0 aromatic rings. The van der Waals surface area contributed by atoms with Crippen molar-refractivity contribution < 1.29 is 0 Å². The summed E-state index contributed by atoms with van der Waals surface area (Å²) in [5, 5.41) is 0.858. The van der Waals surface area contributed by atoms with Gasteiger partial charge in [-0.25, -0.2) is 0 Å². The van der Waals surface area contributed by atoms with Crippen LogP contribution < -0.4 is 0 Å². The van der Waals surface area contributed by atoms with Crippen molar-refractivity contribution in [1.29, 1.82) is 0 Å². The van der Waals surface area contributed by atoms with Gasteiger partial charge in [-0.3, -0.25) is 0 Å². The summed E-state index contributed by atoms with van der Waals surface area (Å²) < 4.78 is 0. The number of allylic oxidation sites excluding steroid dienone is 2. The lowest BCUT2D eigenvalue weighted by atomic mass is 10.2. The third kappa shape index (κ3) is 3.02. The second-order valence-corrected chi connectivity index (χ2v) is 5.18. The molecule has 1 radical (unpaired) electrons. The zero-order valence-electron chi connectivity index (χ0n) is 6.08. The van der Waals surface area contributed by atoms with Crippen molar-refractivity contribution in [2.45, 2.75) is 24.5 Å². The van der Waals surface area contributed by atoms with Gasteiger partial charge in [0, 0.05) is 11.0 Å². The van der Waals surface area contributed by atoms with Crippen LogP contribution in [0.5, 0.6) is 0 Å².